The number of hydrogen-bond donors (Lipinski definition) is 1. The molecule has 0 saturated heterocycles. The molecule has 7 nitrogen and oxygen atoms in total. The van der Waals surface area contributed by atoms with Crippen LogP contribution in [0.2, 0.25) is 5.02 Å². The fourth-order valence-electron chi connectivity index (χ4n) is 4.24. The zero-order chi connectivity index (χ0) is 27.7. The van der Waals surface area contributed by atoms with Crippen LogP contribution in [0.5, 0.6) is 5.75 Å². The number of carbonyl (C=O) groups is 1. The van der Waals surface area contributed by atoms with Crippen LogP contribution < -0.4 is 10.1 Å². The first-order valence-electron chi connectivity index (χ1n) is 12.2. The van der Waals surface area contributed by atoms with Crippen LogP contribution in [0.15, 0.2) is 65.6 Å². The van der Waals surface area contributed by atoms with Crippen molar-refractivity contribution in [3.05, 3.63) is 82.9 Å². The van der Waals surface area contributed by atoms with Crippen LogP contribution >= 0.6 is 11.6 Å². The Morgan fingerprint density at radius 1 is 1.08 bits per heavy atom. The average molecular weight is 558 g/mol. The zero-order valence-electron chi connectivity index (χ0n) is 21.6. The lowest BCUT2D eigenvalue weighted by Gasteiger charge is -2.27. The van der Waals surface area contributed by atoms with Crippen molar-refractivity contribution in [1.82, 2.24) is 9.55 Å². The second-order valence-electron chi connectivity index (χ2n) is 9.34. The average Bonchev–Trinajstić information content (AvgIpc) is 3.24. The summed E-state index contributed by atoms with van der Waals surface area (Å²) in [7, 11) is -3.31. The Labute approximate surface area is 226 Å². The number of amides is 1. The van der Waals surface area contributed by atoms with Gasteiger partial charge in [0.25, 0.3) is 0 Å². The van der Waals surface area contributed by atoms with Gasteiger partial charge in [-0.2, -0.15) is 0 Å². The SMILES string of the molecule is CCn1c(C(C)(C)Oc2ccc(NC(=O)Cc3ccc(S(=O)(=O)CC)cc3)cc2F)nc2cc(Cl)ccc21. The van der Waals surface area contributed by atoms with Gasteiger partial charge in [0.15, 0.2) is 32.8 Å². The van der Waals surface area contributed by atoms with Crippen LogP contribution in [0, 0.1) is 5.82 Å². The van der Waals surface area contributed by atoms with E-state index >= 15 is 4.39 Å². The van der Waals surface area contributed by atoms with Crippen molar-refractivity contribution in [3.63, 3.8) is 0 Å². The van der Waals surface area contributed by atoms with Crippen LogP contribution in [0.25, 0.3) is 11.0 Å². The molecule has 0 aliphatic heterocycles. The molecule has 0 unspecified atom stereocenters. The summed E-state index contributed by atoms with van der Waals surface area (Å²) < 4.78 is 47.0. The van der Waals surface area contributed by atoms with Crippen LogP contribution in [0.1, 0.15) is 39.1 Å². The molecule has 0 aliphatic rings. The van der Waals surface area contributed by atoms with Crippen molar-refractivity contribution in [2.75, 3.05) is 11.1 Å². The minimum Gasteiger partial charge on any atom is -0.477 e. The summed E-state index contributed by atoms with van der Waals surface area (Å²) in [6.45, 7) is 7.84. The van der Waals surface area contributed by atoms with Gasteiger partial charge in [-0.25, -0.2) is 17.8 Å². The van der Waals surface area contributed by atoms with Crippen LogP contribution in [0.4, 0.5) is 10.1 Å². The third kappa shape index (κ3) is 5.84. The van der Waals surface area contributed by atoms with Gasteiger partial charge in [-0.1, -0.05) is 30.7 Å². The minimum absolute atomic E-state index is 0.00276. The van der Waals surface area contributed by atoms with Crippen molar-refractivity contribution in [3.8, 4) is 5.75 Å². The number of aromatic nitrogens is 2. The number of fused-ring (bicyclic) bond motifs is 1. The first kappa shape index (κ1) is 27.6. The number of halogens is 2. The number of anilines is 1. The summed E-state index contributed by atoms with van der Waals surface area (Å²) in [5.41, 5.74) is 1.58. The number of nitrogens with zero attached hydrogens (tertiary/aromatic N) is 2. The summed E-state index contributed by atoms with van der Waals surface area (Å²) in [6.07, 6.45) is 0.0105. The van der Waals surface area contributed by atoms with E-state index in [4.69, 9.17) is 21.3 Å². The first-order valence-corrected chi connectivity index (χ1v) is 14.2. The molecular formula is C28H29ClFN3O4S. The van der Waals surface area contributed by atoms with Gasteiger partial charge >= 0.3 is 0 Å². The third-order valence-corrected chi connectivity index (χ3v) is 8.16. The second-order valence-corrected chi connectivity index (χ2v) is 12.1. The fourth-order valence-corrected chi connectivity index (χ4v) is 5.29. The molecule has 4 aromatic rings. The van der Waals surface area contributed by atoms with Gasteiger partial charge in [-0.15, -0.1) is 0 Å². The Kier molecular flexibility index (Phi) is 7.80. The fraction of sp³-hybridized carbons (Fsp3) is 0.286. The van der Waals surface area contributed by atoms with Gasteiger partial charge in [0.1, 0.15) is 0 Å². The van der Waals surface area contributed by atoms with E-state index in [0.29, 0.717) is 23.0 Å². The Morgan fingerprint density at radius 2 is 1.79 bits per heavy atom. The van der Waals surface area contributed by atoms with Gasteiger partial charge in [0.05, 0.1) is 28.1 Å². The number of ether oxygens (including phenoxy) is 1. The van der Waals surface area contributed by atoms with Crippen LogP contribution in [0.3, 0.4) is 0 Å². The molecule has 200 valence electrons. The zero-order valence-corrected chi connectivity index (χ0v) is 23.2. The molecule has 38 heavy (non-hydrogen) atoms. The molecule has 0 aliphatic carbocycles. The molecule has 3 aromatic carbocycles. The highest BCUT2D eigenvalue weighted by Gasteiger charge is 2.30. The van der Waals surface area contributed by atoms with Crippen molar-refractivity contribution in [2.24, 2.45) is 0 Å². The smallest absolute Gasteiger partial charge is 0.228 e. The van der Waals surface area contributed by atoms with E-state index in [2.05, 4.69) is 5.32 Å². The second kappa shape index (κ2) is 10.7. The molecule has 0 bridgehead atoms. The Balaban J connectivity index is 1.47. The van der Waals surface area contributed by atoms with E-state index in [0.717, 1.165) is 11.0 Å². The van der Waals surface area contributed by atoms with Crippen molar-refractivity contribution in [2.45, 2.75) is 51.2 Å². The van der Waals surface area contributed by atoms with Crippen molar-refractivity contribution < 1.29 is 22.3 Å². The van der Waals surface area contributed by atoms with Gasteiger partial charge in [-0.05, 0) is 68.8 Å². The number of nitrogens with one attached hydrogen (secondary N) is 1. The monoisotopic (exact) mass is 557 g/mol. The first-order chi connectivity index (χ1) is 17.9. The molecule has 10 heteroatoms. The maximum absolute atomic E-state index is 15.0. The number of imidazole rings is 1. The van der Waals surface area contributed by atoms with Gasteiger partial charge < -0.3 is 14.6 Å². The largest absolute Gasteiger partial charge is 0.477 e. The normalized spacial score (nSPS) is 12.1. The quantitative estimate of drug-likeness (QED) is 0.267. The molecule has 1 amide bonds. The molecule has 1 heterocycles. The molecular weight excluding hydrogens is 529 g/mol. The van der Waals surface area contributed by atoms with E-state index in [-0.39, 0.29) is 34.4 Å². The Hall–Kier alpha value is -3.43. The predicted molar refractivity (Wildman–Crippen MR) is 147 cm³/mol. The Morgan fingerprint density at radius 3 is 2.42 bits per heavy atom. The number of hydrogen-bond acceptors (Lipinski definition) is 5. The van der Waals surface area contributed by atoms with Gasteiger partial charge in [-0.3, -0.25) is 4.79 Å². The molecule has 1 N–H and O–H groups in total. The highest BCUT2D eigenvalue weighted by Crippen LogP contribution is 2.33. The number of carbonyl (C=O) groups excluding carboxylic acids is 1. The summed E-state index contributed by atoms with van der Waals surface area (Å²) in [5.74, 6) is -0.338. The lowest BCUT2D eigenvalue weighted by molar-refractivity contribution is -0.115. The van der Waals surface area contributed by atoms with Crippen LogP contribution in [-0.2, 0) is 33.2 Å². The van der Waals surface area contributed by atoms with E-state index in [1.807, 2.05) is 31.4 Å². The van der Waals surface area contributed by atoms with E-state index < -0.39 is 21.3 Å². The summed E-state index contributed by atoms with van der Waals surface area (Å²) >= 11 is 6.13. The van der Waals surface area contributed by atoms with E-state index in [1.54, 1.807) is 37.3 Å². The minimum atomic E-state index is -3.31. The molecule has 0 fully saturated rings. The lowest BCUT2D eigenvalue weighted by Crippen LogP contribution is -2.30. The Bertz CT molecular complexity index is 1600. The number of sulfone groups is 1. The third-order valence-electron chi connectivity index (χ3n) is 6.17. The van der Waals surface area contributed by atoms with E-state index in [1.165, 1.54) is 24.3 Å². The molecule has 4 rings (SSSR count). The lowest BCUT2D eigenvalue weighted by atomic mass is 10.1. The molecule has 0 saturated carbocycles. The number of benzene rings is 3. The van der Waals surface area contributed by atoms with Gasteiger partial charge in [0, 0.05) is 23.3 Å². The highest BCUT2D eigenvalue weighted by atomic mass is 35.5. The molecule has 0 radical (unpaired) electrons. The standard InChI is InChI=1S/C28H29ClFN3O4S/c1-5-33-24-13-9-19(29)16-23(24)32-27(33)28(3,4)37-25-14-10-20(17-22(25)30)31-26(34)15-18-7-11-21(12-8-18)38(35,36)6-2/h7-14,16-17H,5-6,15H2,1-4H3,(H,31,34). The topological polar surface area (TPSA) is 90.3 Å². The number of aryl methyl sites for hydroxylation is 1. The molecule has 1 aromatic heterocycles. The molecule has 0 atom stereocenters. The number of rotatable bonds is 9. The highest BCUT2D eigenvalue weighted by molar-refractivity contribution is 7.91. The van der Waals surface area contributed by atoms with Crippen molar-refractivity contribution >= 4 is 44.1 Å². The maximum Gasteiger partial charge on any atom is 0.228 e. The predicted octanol–water partition coefficient (Wildman–Crippen LogP) is 6.14. The van der Waals surface area contributed by atoms with E-state index in [9.17, 15) is 13.2 Å². The van der Waals surface area contributed by atoms with Gasteiger partial charge in [0.2, 0.25) is 5.91 Å². The summed E-state index contributed by atoms with van der Waals surface area (Å²) in [6, 6.07) is 15.9. The summed E-state index contributed by atoms with van der Waals surface area (Å²) in [5, 5.41) is 3.25. The van der Waals surface area contributed by atoms with Crippen LogP contribution in [-0.4, -0.2) is 29.6 Å². The summed E-state index contributed by atoms with van der Waals surface area (Å²) in [4.78, 5) is 17.4. The maximum atomic E-state index is 15.0. The van der Waals surface area contributed by atoms with Crippen molar-refractivity contribution in [1.29, 1.82) is 0 Å². The molecule has 0 spiro atoms.